The molecular formula is C20H32IN7O2. The van der Waals surface area contributed by atoms with E-state index in [2.05, 4.69) is 27.4 Å². The molecule has 1 aromatic carbocycles. The summed E-state index contributed by atoms with van der Waals surface area (Å²) in [6.45, 7) is 4.07. The van der Waals surface area contributed by atoms with Crippen molar-refractivity contribution < 1.29 is 9.53 Å². The Morgan fingerprint density at radius 2 is 2.00 bits per heavy atom. The molecule has 0 atom stereocenters. The van der Waals surface area contributed by atoms with E-state index in [0.717, 1.165) is 23.6 Å². The number of rotatable bonds is 9. The number of aromatic nitrogens is 3. The number of carbonyl (C=O) groups is 1. The van der Waals surface area contributed by atoms with Crippen LogP contribution >= 0.6 is 24.0 Å². The molecule has 166 valence electrons. The fourth-order valence-corrected chi connectivity index (χ4v) is 2.79. The summed E-state index contributed by atoms with van der Waals surface area (Å²) < 4.78 is 7.46. The molecule has 0 aliphatic rings. The van der Waals surface area contributed by atoms with Gasteiger partial charge >= 0.3 is 0 Å². The first-order valence-electron chi connectivity index (χ1n) is 9.64. The van der Waals surface area contributed by atoms with E-state index < -0.39 is 0 Å². The second-order valence-corrected chi connectivity index (χ2v) is 6.82. The third-order valence-corrected chi connectivity index (χ3v) is 4.47. The topological polar surface area (TPSA) is 87.9 Å². The number of hydrogen-bond donors (Lipinski definition) is 1. The van der Waals surface area contributed by atoms with Crippen molar-refractivity contribution in [1.82, 2.24) is 29.9 Å². The van der Waals surface area contributed by atoms with Gasteiger partial charge in [0.1, 0.15) is 24.4 Å². The van der Waals surface area contributed by atoms with Crippen LogP contribution in [-0.4, -0.2) is 77.8 Å². The predicted molar refractivity (Wildman–Crippen MR) is 128 cm³/mol. The Hall–Kier alpha value is -2.37. The van der Waals surface area contributed by atoms with E-state index in [-0.39, 0.29) is 36.4 Å². The number of halogens is 1. The van der Waals surface area contributed by atoms with Gasteiger partial charge in [0.25, 0.3) is 0 Å². The average molecular weight is 529 g/mol. The molecule has 2 aromatic rings. The molecule has 2 rings (SSSR count). The fraction of sp³-hybridized carbons (Fsp3) is 0.500. The van der Waals surface area contributed by atoms with Gasteiger partial charge in [-0.2, -0.15) is 0 Å². The maximum absolute atomic E-state index is 12.0. The molecule has 1 aromatic heterocycles. The maximum Gasteiger partial charge on any atom is 0.243 e. The molecule has 0 unspecified atom stereocenters. The van der Waals surface area contributed by atoms with Crippen molar-refractivity contribution in [2.24, 2.45) is 4.99 Å². The van der Waals surface area contributed by atoms with Crippen molar-refractivity contribution in [3.05, 3.63) is 42.0 Å². The summed E-state index contributed by atoms with van der Waals surface area (Å²) in [5.41, 5.74) is 1.04. The summed E-state index contributed by atoms with van der Waals surface area (Å²) in [5, 5.41) is 11.4. The number of aryl methyl sites for hydroxylation is 1. The van der Waals surface area contributed by atoms with Gasteiger partial charge in [-0.1, -0.05) is 25.1 Å². The van der Waals surface area contributed by atoms with Gasteiger partial charge in [0.2, 0.25) is 5.91 Å². The van der Waals surface area contributed by atoms with E-state index in [4.69, 9.17) is 4.74 Å². The molecule has 0 saturated carbocycles. The second kappa shape index (κ2) is 13.0. The number of methoxy groups -OCH3 is 1. The van der Waals surface area contributed by atoms with E-state index in [0.29, 0.717) is 25.6 Å². The number of nitrogens with one attached hydrogen (secondary N) is 1. The number of amides is 1. The Bertz CT molecular complexity index is 823. The molecular weight excluding hydrogens is 497 g/mol. The lowest BCUT2D eigenvalue weighted by Gasteiger charge is -2.24. The molecule has 30 heavy (non-hydrogen) atoms. The second-order valence-electron chi connectivity index (χ2n) is 6.82. The summed E-state index contributed by atoms with van der Waals surface area (Å²) in [6.07, 6.45) is 2.55. The number of ether oxygens (including phenoxy) is 1. The van der Waals surface area contributed by atoms with Gasteiger partial charge in [-0.05, 0) is 6.07 Å². The highest BCUT2D eigenvalue weighted by Crippen LogP contribution is 2.18. The Morgan fingerprint density at radius 3 is 2.67 bits per heavy atom. The van der Waals surface area contributed by atoms with Crippen LogP contribution in [-0.2, 0) is 24.3 Å². The van der Waals surface area contributed by atoms with Gasteiger partial charge in [-0.3, -0.25) is 4.79 Å². The number of benzene rings is 1. The number of nitrogens with zero attached hydrogens (tertiary/aromatic N) is 6. The zero-order chi connectivity index (χ0) is 21.2. The first-order chi connectivity index (χ1) is 14.0. The minimum atomic E-state index is -0.0536. The summed E-state index contributed by atoms with van der Waals surface area (Å²) in [5.74, 6) is 2.36. The lowest BCUT2D eigenvalue weighted by molar-refractivity contribution is -0.127. The maximum atomic E-state index is 12.0. The SMILES string of the molecule is CCc1nncn1CCNC(=NCC(=O)N(C)C)N(C)Cc1ccccc1OC.I. The third kappa shape index (κ3) is 7.47. The summed E-state index contributed by atoms with van der Waals surface area (Å²) >= 11 is 0. The smallest absolute Gasteiger partial charge is 0.243 e. The molecule has 1 heterocycles. The van der Waals surface area contributed by atoms with Gasteiger partial charge in [-0.25, -0.2) is 4.99 Å². The van der Waals surface area contributed by atoms with E-state index in [9.17, 15) is 4.79 Å². The fourth-order valence-electron chi connectivity index (χ4n) is 2.79. The standard InChI is InChI=1S/C20H31N7O2.HI/c1-6-18-24-23-15-27(18)12-11-21-20(22-13-19(28)25(2)3)26(4)14-16-9-7-8-10-17(16)29-5;/h7-10,15H,6,11-14H2,1-5H3,(H,21,22);1H. The highest BCUT2D eigenvalue weighted by atomic mass is 127. The molecule has 0 aliphatic carbocycles. The Balaban J connectivity index is 0.00000450. The largest absolute Gasteiger partial charge is 0.496 e. The summed E-state index contributed by atoms with van der Waals surface area (Å²) in [4.78, 5) is 20.0. The van der Waals surface area contributed by atoms with Crippen LogP contribution in [0.5, 0.6) is 5.75 Å². The number of guanidine groups is 1. The van der Waals surface area contributed by atoms with Crippen molar-refractivity contribution in [1.29, 1.82) is 0 Å². The van der Waals surface area contributed by atoms with E-state index in [1.165, 1.54) is 4.90 Å². The van der Waals surface area contributed by atoms with E-state index in [1.54, 1.807) is 27.5 Å². The molecule has 0 bridgehead atoms. The first-order valence-corrected chi connectivity index (χ1v) is 9.64. The monoisotopic (exact) mass is 529 g/mol. The Labute approximate surface area is 195 Å². The van der Waals surface area contributed by atoms with Crippen molar-refractivity contribution >= 4 is 35.8 Å². The van der Waals surface area contributed by atoms with Gasteiger partial charge in [0, 0.05) is 52.8 Å². The van der Waals surface area contributed by atoms with Crippen molar-refractivity contribution in [3.63, 3.8) is 0 Å². The first kappa shape index (κ1) is 25.7. The molecule has 10 heteroatoms. The quantitative estimate of drug-likeness (QED) is 0.302. The van der Waals surface area contributed by atoms with Gasteiger partial charge in [-0.15, -0.1) is 34.2 Å². The average Bonchev–Trinajstić information content (AvgIpc) is 3.17. The van der Waals surface area contributed by atoms with E-state index >= 15 is 0 Å². The summed E-state index contributed by atoms with van der Waals surface area (Å²) in [6, 6.07) is 7.86. The Morgan fingerprint density at radius 1 is 1.27 bits per heavy atom. The van der Waals surface area contributed by atoms with Crippen LogP contribution in [0.3, 0.4) is 0 Å². The zero-order valence-electron chi connectivity index (χ0n) is 18.3. The lowest BCUT2D eigenvalue weighted by atomic mass is 10.2. The minimum Gasteiger partial charge on any atom is -0.496 e. The number of likely N-dealkylation sites (N-methyl/N-ethyl adjacent to an activating group) is 1. The van der Waals surface area contributed by atoms with Crippen molar-refractivity contribution in [2.75, 3.05) is 41.3 Å². The number of carbonyl (C=O) groups excluding carboxylic acids is 1. The zero-order valence-corrected chi connectivity index (χ0v) is 20.7. The van der Waals surface area contributed by atoms with Crippen LogP contribution in [0.2, 0.25) is 0 Å². The number of hydrogen-bond acceptors (Lipinski definition) is 5. The van der Waals surface area contributed by atoms with Gasteiger partial charge < -0.3 is 24.4 Å². The molecule has 0 spiro atoms. The molecule has 0 radical (unpaired) electrons. The van der Waals surface area contributed by atoms with Gasteiger partial charge in [0.05, 0.1) is 7.11 Å². The molecule has 0 saturated heterocycles. The predicted octanol–water partition coefficient (Wildman–Crippen LogP) is 1.63. The van der Waals surface area contributed by atoms with Crippen LogP contribution in [0.15, 0.2) is 35.6 Å². The van der Waals surface area contributed by atoms with Crippen molar-refractivity contribution in [3.8, 4) is 5.75 Å². The molecule has 9 nitrogen and oxygen atoms in total. The molecule has 1 N–H and O–H groups in total. The van der Waals surface area contributed by atoms with Crippen LogP contribution < -0.4 is 10.1 Å². The van der Waals surface area contributed by atoms with E-state index in [1.807, 2.05) is 40.8 Å². The van der Waals surface area contributed by atoms with Crippen molar-refractivity contribution in [2.45, 2.75) is 26.4 Å². The molecule has 1 amide bonds. The molecule has 0 aliphatic heterocycles. The molecule has 0 fully saturated rings. The highest BCUT2D eigenvalue weighted by molar-refractivity contribution is 14.0. The van der Waals surface area contributed by atoms with Crippen LogP contribution in [0.1, 0.15) is 18.3 Å². The number of para-hydroxylation sites is 1. The number of aliphatic imine (C=N–C) groups is 1. The third-order valence-electron chi connectivity index (χ3n) is 4.47. The normalized spacial score (nSPS) is 10.9. The van der Waals surface area contributed by atoms with Gasteiger partial charge in [0.15, 0.2) is 5.96 Å². The van der Waals surface area contributed by atoms with Crippen LogP contribution in [0, 0.1) is 0 Å². The Kier molecular flexibility index (Phi) is 11.2. The van der Waals surface area contributed by atoms with Crippen LogP contribution in [0.25, 0.3) is 0 Å². The highest BCUT2D eigenvalue weighted by Gasteiger charge is 2.12. The van der Waals surface area contributed by atoms with Crippen LogP contribution in [0.4, 0.5) is 0 Å². The summed E-state index contributed by atoms with van der Waals surface area (Å²) in [7, 11) is 7.05. The minimum absolute atomic E-state index is 0. The lowest BCUT2D eigenvalue weighted by Crippen LogP contribution is -2.41.